The number of benzene rings is 1. The van der Waals surface area contributed by atoms with Gasteiger partial charge in [-0.15, -0.1) is 0 Å². The van der Waals surface area contributed by atoms with Gasteiger partial charge in [0.05, 0.1) is 11.2 Å². The highest BCUT2D eigenvalue weighted by molar-refractivity contribution is 5.82. The summed E-state index contributed by atoms with van der Waals surface area (Å²) in [4.78, 5) is 4.83. The van der Waals surface area contributed by atoms with E-state index in [1.54, 1.807) is 7.11 Å². The fourth-order valence-corrected chi connectivity index (χ4v) is 2.59. The Kier molecular flexibility index (Phi) is 5.50. The van der Waals surface area contributed by atoms with Crippen molar-refractivity contribution in [1.82, 2.24) is 10.3 Å². The van der Waals surface area contributed by atoms with E-state index in [1.807, 2.05) is 6.07 Å². The van der Waals surface area contributed by atoms with Crippen molar-refractivity contribution < 1.29 is 4.74 Å². The number of aryl methyl sites for hydroxylation is 1. The maximum Gasteiger partial charge on any atom is 0.0708 e. The molecule has 1 atom stereocenters. The third-order valence-electron chi connectivity index (χ3n) is 3.59. The molecule has 0 aliphatic rings. The van der Waals surface area contributed by atoms with E-state index in [-0.39, 0.29) is 0 Å². The zero-order valence-corrected chi connectivity index (χ0v) is 12.6. The van der Waals surface area contributed by atoms with Crippen molar-refractivity contribution in [2.75, 3.05) is 20.3 Å². The Morgan fingerprint density at radius 3 is 2.85 bits per heavy atom. The summed E-state index contributed by atoms with van der Waals surface area (Å²) in [5.41, 5.74) is 3.51. The van der Waals surface area contributed by atoms with Crippen molar-refractivity contribution in [2.45, 2.75) is 32.7 Å². The first-order valence-electron chi connectivity index (χ1n) is 7.35. The van der Waals surface area contributed by atoms with E-state index in [9.17, 15) is 0 Å². The molecule has 2 rings (SSSR count). The van der Waals surface area contributed by atoms with Crippen LogP contribution in [0.4, 0.5) is 0 Å². The van der Waals surface area contributed by atoms with Gasteiger partial charge in [-0.2, -0.15) is 0 Å². The molecule has 1 aromatic carbocycles. The Balaban J connectivity index is 2.27. The summed E-state index contributed by atoms with van der Waals surface area (Å²) < 4.78 is 5.15. The minimum atomic E-state index is 0.304. The van der Waals surface area contributed by atoms with Gasteiger partial charge in [0.25, 0.3) is 0 Å². The van der Waals surface area contributed by atoms with Gasteiger partial charge >= 0.3 is 0 Å². The highest BCUT2D eigenvalue weighted by atomic mass is 16.5. The van der Waals surface area contributed by atoms with Crippen LogP contribution in [0.15, 0.2) is 30.3 Å². The molecule has 0 aliphatic carbocycles. The number of nitrogens with zero attached hydrogens (tertiary/aromatic N) is 1. The first-order valence-corrected chi connectivity index (χ1v) is 7.35. The van der Waals surface area contributed by atoms with Crippen LogP contribution < -0.4 is 5.32 Å². The Hall–Kier alpha value is -1.45. The average molecular weight is 272 g/mol. The van der Waals surface area contributed by atoms with E-state index in [0.29, 0.717) is 6.04 Å². The number of rotatable bonds is 7. The SMILES string of the molecule is CCNC(CCCOC)c1cc(C)c2ccccc2n1. The van der Waals surface area contributed by atoms with E-state index in [0.717, 1.165) is 37.2 Å². The second kappa shape index (κ2) is 7.36. The summed E-state index contributed by atoms with van der Waals surface area (Å²) >= 11 is 0. The third-order valence-corrected chi connectivity index (χ3v) is 3.59. The van der Waals surface area contributed by atoms with Crippen LogP contribution in [0.25, 0.3) is 10.9 Å². The van der Waals surface area contributed by atoms with Crippen LogP contribution in [0.3, 0.4) is 0 Å². The number of aromatic nitrogens is 1. The van der Waals surface area contributed by atoms with Gasteiger partial charge in [-0.05, 0) is 44.0 Å². The number of hydrogen-bond donors (Lipinski definition) is 1. The molecular formula is C17H24N2O. The molecule has 0 amide bonds. The first kappa shape index (κ1) is 14.9. The second-order valence-corrected chi connectivity index (χ2v) is 5.13. The molecule has 0 saturated carbocycles. The quantitative estimate of drug-likeness (QED) is 0.782. The lowest BCUT2D eigenvalue weighted by molar-refractivity contribution is 0.188. The van der Waals surface area contributed by atoms with Crippen molar-refractivity contribution >= 4 is 10.9 Å². The molecular weight excluding hydrogens is 248 g/mol. The average Bonchev–Trinajstić information content (AvgIpc) is 2.46. The predicted octanol–water partition coefficient (Wildman–Crippen LogP) is 3.62. The van der Waals surface area contributed by atoms with Crippen LogP contribution in [0.5, 0.6) is 0 Å². The molecule has 0 radical (unpaired) electrons. The van der Waals surface area contributed by atoms with Crippen LogP contribution >= 0.6 is 0 Å². The minimum absolute atomic E-state index is 0.304. The van der Waals surface area contributed by atoms with E-state index < -0.39 is 0 Å². The first-order chi connectivity index (χ1) is 9.76. The van der Waals surface area contributed by atoms with Crippen LogP contribution in [0, 0.1) is 6.92 Å². The summed E-state index contributed by atoms with van der Waals surface area (Å²) in [6.45, 7) is 6.04. The summed E-state index contributed by atoms with van der Waals surface area (Å²) in [7, 11) is 1.75. The number of methoxy groups -OCH3 is 1. The molecule has 1 N–H and O–H groups in total. The van der Waals surface area contributed by atoms with Gasteiger partial charge in [-0.3, -0.25) is 4.98 Å². The van der Waals surface area contributed by atoms with E-state index >= 15 is 0 Å². The van der Waals surface area contributed by atoms with Crippen molar-refractivity contribution in [3.63, 3.8) is 0 Å². The lowest BCUT2D eigenvalue weighted by Gasteiger charge is -2.18. The molecule has 3 nitrogen and oxygen atoms in total. The van der Waals surface area contributed by atoms with Gasteiger partial charge in [0, 0.05) is 25.1 Å². The topological polar surface area (TPSA) is 34.1 Å². The van der Waals surface area contributed by atoms with E-state index in [2.05, 4.69) is 43.4 Å². The molecule has 20 heavy (non-hydrogen) atoms. The maximum atomic E-state index is 5.15. The molecule has 0 saturated heterocycles. The Bertz CT molecular complexity index is 554. The van der Waals surface area contributed by atoms with Crippen molar-refractivity contribution in [3.8, 4) is 0 Å². The molecule has 0 aliphatic heterocycles. The predicted molar refractivity (Wildman–Crippen MR) is 84.0 cm³/mol. The van der Waals surface area contributed by atoms with Crippen LogP contribution in [0.1, 0.15) is 37.1 Å². The highest BCUT2D eigenvalue weighted by Gasteiger charge is 2.13. The summed E-state index contributed by atoms with van der Waals surface area (Å²) in [6.07, 6.45) is 2.09. The minimum Gasteiger partial charge on any atom is -0.385 e. The van der Waals surface area contributed by atoms with E-state index in [1.165, 1.54) is 10.9 Å². The Labute approximate surface area is 121 Å². The number of pyridine rings is 1. The molecule has 1 heterocycles. The number of fused-ring (bicyclic) bond motifs is 1. The standard InChI is InChI=1S/C17H24N2O/c1-4-18-16(10-7-11-20-3)17-12-13(2)14-8-5-6-9-15(14)19-17/h5-6,8-9,12,16,18H,4,7,10-11H2,1-3H3. The molecule has 108 valence electrons. The molecule has 2 aromatic rings. The smallest absolute Gasteiger partial charge is 0.0708 e. The molecule has 3 heteroatoms. The zero-order valence-electron chi connectivity index (χ0n) is 12.6. The van der Waals surface area contributed by atoms with Crippen LogP contribution in [0.2, 0.25) is 0 Å². The van der Waals surface area contributed by atoms with Gasteiger partial charge in [0.1, 0.15) is 0 Å². The maximum absolute atomic E-state index is 5.15. The number of para-hydroxylation sites is 1. The summed E-state index contributed by atoms with van der Waals surface area (Å²) in [5.74, 6) is 0. The van der Waals surface area contributed by atoms with E-state index in [4.69, 9.17) is 9.72 Å². The van der Waals surface area contributed by atoms with Crippen molar-refractivity contribution in [1.29, 1.82) is 0 Å². The van der Waals surface area contributed by atoms with Gasteiger partial charge in [-0.25, -0.2) is 0 Å². The largest absolute Gasteiger partial charge is 0.385 e. The second-order valence-electron chi connectivity index (χ2n) is 5.13. The fourth-order valence-electron chi connectivity index (χ4n) is 2.59. The molecule has 0 bridgehead atoms. The normalized spacial score (nSPS) is 12.8. The Morgan fingerprint density at radius 1 is 1.30 bits per heavy atom. The Morgan fingerprint density at radius 2 is 2.10 bits per heavy atom. The lowest BCUT2D eigenvalue weighted by Crippen LogP contribution is -2.22. The molecule has 0 fully saturated rings. The number of hydrogen-bond acceptors (Lipinski definition) is 3. The van der Waals surface area contributed by atoms with Gasteiger partial charge in [0.15, 0.2) is 0 Å². The molecule has 0 spiro atoms. The zero-order chi connectivity index (χ0) is 14.4. The summed E-state index contributed by atoms with van der Waals surface area (Å²) in [5, 5.41) is 4.77. The summed E-state index contributed by atoms with van der Waals surface area (Å²) in [6, 6.07) is 10.8. The van der Waals surface area contributed by atoms with Gasteiger partial charge in [-0.1, -0.05) is 25.1 Å². The monoisotopic (exact) mass is 272 g/mol. The van der Waals surface area contributed by atoms with Gasteiger partial charge < -0.3 is 10.1 Å². The number of ether oxygens (including phenoxy) is 1. The highest BCUT2D eigenvalue weighted by Crippen LogP contribution is 2.23. The molecule has 1 aromatic heterocycles. The molecule has 1 unspecified atom stereocenters. The van der Waals surface area contributed by atoms with Crippen molar-refractivity contribution in [3.05, 3.63) is 41.6 Å². The lowest BCUT2D eigenvalue weighted by atomic mass is 10.0. The van der Waals surface area contributed by atoms with Crippen LogP contribution in [-0.2, 0) is 4.74 Å². The van der Waals surface area contributed by atoms with Crippen molar-refractivity contribution in [2.24, 2.45) is 0 Å². The number of nitrogens with one attached hydrogen (secondary N) is 1. The van der Waals surface area contributed by atoms with Crippen LogP contribution in [-0.4, -0.2) is 25.2 Å². The fraction of sp³-hybridized carbons (Fsp3) is 0.471. The third kappa shape index (κ3) is 3.56. The van der Waals surface area contributed by atoms with Gasteiger partial charge in [0.2, 0.25) is 0 Å².